The summed E-state index contributed by atoms with van der Waals surface area (Å²) in [4.78, 5) is 0. The fourth-order valence-electron chi connectivity index (χ4n) is 2.03. The van der Waals surface area contributed by atoms with E-state index in [0.29, 0.717) is 26.1 Å². The molecule has 0 aliphatic carbocycles. The summed E-state index contributed by atoms with van der Waals surface area (Å²) in [5, 5.41) is 19.2. The van der Waals surface area contributed by atoms with Gasteiger partial charge in [0.15, 0.2) is 5.79 Å². The minimum absolute atomic E-state index is 0.470. The van der Waals surface area contributed by atoms with Crippen molar-refractivity contribution in [3.05, 3.63) is 0 Å². The van der Waals surface area contributed by atoms with E-state index in [4.69, 9.17) is 9.47 Å². The second kappa shape index (κ2) is 3.53. The molecule has 4 heteroatoms. The number of aliphatic hydroxyl groups is 2. The third-order valence-corrected chi connectivity index (χ3v) is 2.84. The van der Waals surface area contributed by atoms with Crippen LogP contribution in [0.3, 0.4) is 0 Å². The predicted octanol–water partition coefficient (Wildman–Crippen LogP) is 0.0253. The van der Waals surface area contributed by atoms with Gasteiger partial charge in [-0.15, -0.1) is 0 Å². The van der Waals surface area contributed by atoms with Crippen LogP contribution < -0.4 is 0 Å². The molecule has 0 radical (unpaired) electrons. The third kappa shape index (κ3) is 1.59. The van der Waals surface area contributed by atoms with Crippen molar-refractivity contribution in [3.8, 4) is 0 Å². The van der Waals surface area contributed by atoms with Crippen molar-refractivity contribution in [2.45, 2.75) is 43.7 Å². The molecule has 13 heavy (non-hydrogen) atoms. The van der Waals surface area contributed by atoms with Crippen molar-refractivity contribution in [3.63, 3.8) is 0 Å². The lowest BCUT2D eigenvalue weighted by atomic mass is 9.92. The fourth-order valence-corrected chi connectivity index (χ4v) is 2.03. The van der Waals surface area contributed by atoms with Crippen LogP contribution in [-0.2, 0) is 9.47 Å². The largest absolute Gasteiger partial charge is 0.390 e. The first kappa shape index (κ1) is 9.40. The summed E-state index contributed by atoms with van der Waals surface area (Å²) in [5.41, 5.74) is 0. The van der Waals surface area contributed by atoms with E-state index in [9.17, 15) is 10.2 Å². The Morgan fingerprint density at radius 1 is 1.08 bits per heavy atom. The molecule has 0 aromatic heterocycles. The highest BCUT2D eigenvalue weighted by Crippen LogP contribution is 2.34. The molecule has 0 saturated carbocycles. The summed E-state index contributed by atoms with van der Waals surface area (Å²) in [6, 6.07) is 0. The van der Waals surface area contributed by atoms with E-state index < -0.39 is 18.0 Å². The maximum Gasteiger partial charge on any atom is 0.196 e. The summed E-state index contributed by atoms with van der Waals surface area (Å²) >= 11 is 0. The number of aliphatic hydroxyl groups excluding tert-OH is 2. The molecule has 76 valence electrons. The van der Waals surface area contributed by atoms with E-state index in [-0.39, 0.29) is 0 Å². The van der Waals surface area contributed by atoms with Gasteiger partial charge in [0.1, 0.15) is 6.10 Å². The number of rotatable bonds is 0. The molecule has 1 spiro atoms. The zero-order chi connectivity index (χ0) is 9.31. The first-order valence-corrected chi connectivity index (χ1v) is 4.89. The van der Waals surface area contributed by atoms with Crippen LogP contribution in [0.4, 0.5) is 0 Å². The van der Waals surface area contributed by atoms with Crippen LogP contribution in [0, 0.1) is 0 Å². The summed E-state index contributed by atoms with van der Waals surface area (Å²) < 4.78 is 10.9. The summed E-state index contributed by atoms with van der Waals surface area (Å²) in [5.74, 6) is -0.907. The average molecular weight is 188 g/mol. The molecule has 2 fully saturated rings. The molecule has 0 aromatic carbocycles. The van der Waals surface area contributed by atoms with Crippen LogP contribution in [0.2, 0.25) is 0 Å². The molecule has 2 saturated heterocycles. The third-order valence-electron chi connectivity index (χ3n) is 2.84. The second-order valence-corrected chi connectivity index (χ2v) is 3.77. The predicted molar refractivity (Wildman–Crippen MR) is 45.1 cm³/mol. The number of hydrogen-bond donors (Lipinski definition) is 2. The van der Waals surface area contributed by atoms with Crippen LogP contribution in [0.15, 0.2) is 0 Å². The zero-order valence-electron chi connectivity index (χ0n) is 7.61. The standard InChI is InChI=1S/C9H16O4/c10-7-3-6-13-9(8(7)11)4-1-2-5-12-9/h7-8,10-11H,1-6H2/t7-,8-,9-/m1/s1. The van der Waals surface area contributed by atoms with Crippen molar-refractivity contribution in [2.75, 3.05) is 13.2 Å². The highest BCUT2D eigenvalue weighted by atomic mass is 16.7. The monoisotopic (exact) mass is 188 g/mol. The lowest BCUT2D eigenvalue weighted by molar-refractivity contribution is -0.332. The van der Waals surface area contributed by atoms with Crippen molar-refractivity contribution in [1.82, 2.24) is 0 Å². The van der Waals surface area contributed by atoms with Crippen molar-refractivity contribution in [2.24, 2.45) is 0 Å². The summed E-state index contributed by atoms with van der Waals surface area (Å²) in [7, 11) is 0. The van der Waals surface area contributed by atoms with Gasteiger partial charge in [-0.1, -0.05) is 0 Å². The maximum atomic E-state index is 9.75. The minimum atomic E-state index is -0.907. The van der Waals surface area contributed by atoms with Crippen LogP contribution in [0.25, 0.3) is 0 Å². The van der Waals surface area contributed by atoms with E-state index in [0.717, 1.165) is 12.8 Å². The average Bonchev–Trinajstić information content (AvgIpc) is 2.16. The minimum Gasteiger partial charge on any atom is -0.390 e. The summed E-state index contributed by atoms with van der Waals surface area (Å²) in [6.45, 7) is 1.09. The molecule has 2 aliphatic heterocycles. The molecule has 2 aliphatic rings. The highest BCUT2D eigenvalue weighted by molar-refractivity contribution is 4.90. The lowest BCUT2D eigenvalue weighted by Crippen LogP contribution is -2.58. The Morgan fingerprint density at radius 3 is 2.54 bits per heavy atom. The molecule has 0 unspecified atom stereocenters. The molecule has 3 atom stereocenters. The Labute approximate surface area is 77.5 Å². The molecule has 2 rings (SSSR count). The molecule has 2 heterocycles. The van der Waals surface area contributed by atoms with Crippen LogP contribution in [0.5, 0.6) is 0 Å². The lowest BCUT2D eigenvalue weighted by Gasteiger charge is -2.45. The van der Waals surface area contributed by atoms with Crippen molar-refractivity contribution >= 4 is 0 Å². The Kier molecular flexibility index (Phi) is 2.55. The Bertz CT molecular complexity index is 171. The summed E-state index contributed by atoms with van der Waals surface area (Å²) in [6.07, 6.45) is 1.59. The Morgan fingerprint density at radius 2 is 1.85 bits per heavy atom. The zero-order valence-corrected chi connectivity index (χ0v) is 7.61. The fraction of sp³-hybridized carbons (Fsp3) is 1.00. The second-order valence-electron chi connectivity index (χ2n) is 3.77. The van der Waals surface area contributed by atoms with Gasteiger partial charge in [-0.05, 0) is 19.3 Å². The number of ether oxygens (including phenoxy) is 2. The quantitative estimate of drug-likeness (QED) is 0.563. The molecule has 0 aromatic rings. The van der Waals surface area contributed by atoms with E-state index in [1.807, 2.05) is 0 Å². The smallest absolute Gasteiger partial charge is 0.196 e. The van der Waals surface area contributed by atoms with Gasteiger partial charge in [0.05, 0.1) is 19.3 Å². The first-order chi connectivity index (χ1) is 6.25. The van der Waals surface area contributed by atoms with E-state index in [1.54, 1.807) is 0 Å². The van der Waals surface area contributed by atoms with Gasteiger partial charge < -0.3 is 19.7 Å². The van der Waals surface area contributed by atoms with E-state index >= 15 is 0 Å². The maximum absolute atomic E-state index is 9.75. The molecule has 4 nitrogen and oxygen atoms in total. The van der Waals surface area contributed by atoms with Crippen molar-refractivity contribution < 1.29 is 19.7 Å². The molecular formula is C9H16O4. The van der Waals surface area contributed by atoms with E-state index in [2.05, 4.69) is 0 Å². The van der Waals surface area contributed by atoms with Crippen LogP contribution in [0.1, 0.15) is 25.7 Å². The normalized spacial score (nSPS) is 46.6. The Hall–Kier alpha value is -0.160. The molecular weight excluding hydrogens is 172 g/mol. The van der Waals surface area contributed by atoms with Crippen LogP contribution >= 0.6 is 0 Å². The van der Waals surface area contributed by atoms with E-state index in [1.165, 1.54) is 0 Å². The van der Waals surface area contributed by atoms with Crippen LogP contribution in [-0.4, -0.2) is 41.4 Å². The highest BCUT2D eigenvalue weighted by Gasteiger charge is 2.47. The topological polar surface area (TPSA) is 58.9 Å². The van der Waals surface area contributed by atoms with Gasteiger partial charge in [0.25, 0.3) is 0 Å². The van der Waals surface area contributed by atoms with Gasteiger partial charge in [-0.2, -0.15) is 0 Å². The SMILES string of the molecule is O[C@@H]1CCO[C@]2(CCCCO2)[C@@H]1O. The van der Waals surface area contributed by atoms with Gasteiger partial charge in [-0.25, -0.2) is 0 Å². The first-order valence-electron chi connectivity index (χ1n) is 4.89. The molecule has 0 bridgehead atoms. The molecule has 0 amide bonds. The van der Waals surface area contributed by atoms with Crippen molar-refractivity contribution in [1.29, 1.82) is 0 Å². The number of hydrogen-bond acceptors (Lipinski definition) is 4. The van der Waals surface area contributed by atoms with Gasteiger partial charge in [0, 0.05) is 6.42 Å². The molecule has 2 N–H and O–H groups in total. The van der Waals surface area contributed by atoms with Gasteiger partial charge in [-0.3, -0.25) is 0 Å². The van der Waals surface area contributed by atoms with Gasteiger partial charge >= 0.3 is 0 Å². The van der Waals surface area contributed by atoms with Gasteiger partial charge in [0.2, 0.25) is 0 Å². The Balaban J connectivity index is 2.09.